The van der Waals surface area contributed by atoms with Crippen LogP contribution in [0, 0.1) is 6.92 Å². The molecule has 126 valence electrons. The van der Waals surface area contributed by atoms with E-state index in [1.165, 1.54) is 4.90 Å². The third-order valence-corrected chi connectivity index (χ3v) is 5.81. The number of carbonyl (C=O) groups excluding carboxylic acids is 1. The van der Waals surface area contributed by atoms with Gasteiger partial charge in [0.2, 0.25) is 0 Å². The molecule has 0 saturated heterocycles. The summed E-state index contributed by atoms with van der Waals surface area (Å²) in [6, 6.07) is 13.7. The lowest BCUT2D eigenvalue weighted by Crippen LogP contribution is -2.15. The zero-order valence-electron chi connectivity index (χ0n) is 13.8. The number of nitrogens with zero attached hydrogens (tertiary/aromatic N) is 2. The number of hydrogen-bond donors (Lipinski definition) is 1. The molecule has 1 amide bonds. The minimum absolute atomic E-state index is 0.211. The Hall–Kier alpha value is -2.24. The van der Waals surface area contributed by atoms with Crippen LogP contribution in [0.3, 0.4) is 0 Å². The van der Waals surface area contributed by atoms with Crippen LogP contribution in [0.2, 0.25) is 5.02 Å². The van der Waals surface area contributed by atoms with Crippen molar-refractivity contribution in [3.05, 3.63) is 64.3 Å². The van der Waals surface area contributed by atoms with Crippen LogP contribution < -0.4 is 5.32 Å². The highest BCUT2D eigenvalue weighted by Gasteiger charge is 2.27. The predicted octanol–water partition coefficient (Wildman–Crippen LogP) is 4.91. The van der Waals surface area contributed by atoms with E-state index in [0.29, 0.717) is 16.4 Å². The molecule has 0 atom stereocenters. The molecule has 0 aliphatic carbocycles. The minimum Gasteiger partial charge on any atom is -0.321 e. The molecule has 0 bridgehead atoms. The summed E-state index contributed by atoms with van der Waals surface area (Å²) >= 11 is 7.88. The van der Waals surface area contributed by atoms with E-state index in [4.69, 9.17) is 11.6 Å². The second-order valence-corrected chi connectivity index (χ2v) is 7.43. The van der Waals surface area contributed by atoms with Gasteiger partial charge >= 0.3 is 0 Å². The standard InChI is InChI=1S/C19H16ClN3OS/c1-11-7-8-12(9-15(11)20)21-19(24)17-14-10-25-16-6-4-3-5-13(16)18(14)23(2)22-17/h3-9H,10H2,1-2H3,(H,21,24). The van der Waals surface area contributed by atoms with Gasteiger partial charge in [-0.15, -0.1) is 11.8 Å². The van der Waals surface area contributed by atoms with Gasteiger partial charge in [-0.3, -0.25) is 9.48 Å². The van der Waals surface area contributed by atoms with Crippen molar-refractivity contribution in [1.82, 2.24) is 9.78 Å². The average molecular weight is 370 g/mol. The van der Waals surface area contributed by atoms with E-state index in [-0.39, 0.29) is 5.91 Å². The van der Waals surface area contributed by atoms with Gasteiger partial charge in [0.05, 0.1) is 5.69 Å². The molecule has 3 aromatic rings. The number of aromatic nitrogens is 2. The number of rotatable bonds is 2. The molecule has 1 aliphatic rings. The van der Waals surface area contributed by atoms with Gasteiger partial charge in [-0.05, 0) is 30.7 Å². The highest BCUT2D eigenvalue weighted by Crippen LogP contribution is 2.42. The molecule has 2 heterocycles. The van der Waals surface area contributed by atoms with Crippen molar-refractivity contribution in [2.75, 3.05) is 5.32 Å². The van der Waals surface area contributed by atoms with Gasteiger partial charge in [-0.25, -0.2) is 0 Å². The van der Waals surface area contributed by atoms with Crippen molar-refractivity contribution in [1.29, 1.82) is 0 Å². The van der Waals surface area contributed by atoms with Gasteiger partial charge in [-0.1, -0.05) is 35.9 Å². The van der Waals surface area contributed by atoms with Gasteiger partial charge in [-0.2, -0.15) is 5.10 Å². The summed E-state index contributed by atoms with van der Waals surface area (Å²) in [5, 5.41) is 8.02. The maximum Gasteiger partial charge on any atom is 0.276 e. The summed E-state index contributed by atoms with van der Waals surface area (Å²) in [6.45, 7) is 1.93. The van der Waals surface area contributed by atoms with E-state index < -0.39 is 0 Å². The van der Waals surface area contributed by atoms with Crippen LogP contribution >= 0.6 is 23.4 Å². The van der Waals surface area contributed by atoms with Crippen molar-refractivity contribution >= 4 is 35.0 Å². The van der Waals surface area contributed by atoms with Crippen LogP contribution in [0.4, 0.5) is 5.69 Å². The molecule has 0 saturated carbocycles. The molecule has 25 heavy (non-hydrogen) atoms. The molecule has 6 heteroatoms. The van der Waals surface area contributed by atoms with Crippen molar-refractivity contribution in [3.63, 3.8) is 0 Å². The van der Waals surface area contributed by atoms with Crippen molar-refractivity contribution in [3.8, 4) is 11.3 Å². The highest BCUT2D eigenvalue weighted by molar-refractivity contribution is 7.98. The third-order valence-electron chi connectivity index (χ3n) is 4.30. The van der Waals surface area contributed by atoms with Crippen LogP contribution in [0.1, 0.15) is 21.6 Å². The summed E-state index contributed by atoms with van der Waals surface area (Å²) < 4.78 is 1.80. The fourth-order valence-electron chi connectivity index (χ4n) is 3.02. The number of fused-ring (bicyclic) bond motifs is 3. The topological polar surface area (TPSA) is 46.9 Å². The maximum atomic E-state index is 12.8. The number of anilines is 1. The van der Waals surface area contributed by atoms with Gasteiger partial charge < -0.3 is 5.32 Å². The first-order valence-electron chi connectivity index (χ1n) is 7.90. The summed E-state index contributed by atoms with van der Waals surface area (Å²) in [6.07, 6.45) is 0. The first-order valence-corrected chi connectivity index (χ1v) is 9.26. The van der Waals surface area contributed by atoms with Crippen LogP contribution in [0.5, 0.6) is 0 Å². The molecule has 2 aromatic carbocycles. The van der Waals surface area contributed by atoms with Crippen LogP contribution in [-0.4, -0.2) is 15.7 Å². The maximum absolute atomic E-state index is 12.8. The van der Waals surface area contributed by atoms with E-state index in [1.807, 2.05) is 38.2 Å². The van der Waals surface area contributed by atoms with Gasteiger partial charge in [0.15, 0.2) is 5.69 Å². The number of hydrogen-bond acceptors (Lipinski definition) is 3. The van der Waals surface area contributed by atoms with Crippen LogP contribution in [0.15, 0.2) is 47.4 Å². The Kier molecular flexibility index (Phi) is 4.06. The number of benzene rings is 2. The van der Waals surface area contributed by atoms with Crippen molar-refractivity contribution in [2.45, 2.75) is 17.6 Å². The Morgan fingerprint density at radius 2 is 2.08 bits per heavy atom. The lowest BCUT2D eigenvalue weighted by atomic mass is 10.1. The number of amides is 1. The third kappa shape index (κ3) is 2.83. The Morgan fingerprint density at radius 3 is 2.88 bits per heavy atom. The highest BCUT2D eigenvalue weighted by atomic mass is 35.5. The predicted molar refractivity (Wildman–Crippen MR) is 102 cm³/mol. The number of carbonyl (C=O) groups is 1. The zero-order valence-corrected chi connectivity index (χ0v) is 15.4. The van der Waals surface area contributed by atoms with E-state index in [0.717, 1.165) is 28.1 Å². The molecule has 1 aliphatic heterocycles. The fourth-order valence-corrected chi connectivity index (χ4v) is 4.27. The summed E-state index contributed by atoms with van der Waals surface area (Å²) in [5.41, 5.74) is 5.23. The SMILES string of the molecule is Cc1ccc(NC(=O)c2nn(C)c3c2CSc2ccccc2-3)cc1Cl. The molecule has 0 spiro atoms. The molecule has 4 rings (SSSR count). The smallest absolute Gasteiger partial charge is 0.276 e. The average Bonchev–Trinajstić information content (AvgIpc) is 2.95. The fraction of sp³-hybridized carbons (Fsp3) is 0.158. The molecule has 0 radical (unpaired) electrons. The van der Waals surface area contributed by atoms with Gasteiger partial charge in [0.1, 0.15) is 0 Å². The van der Waals surface area contributed by atoms with Crippen molar-refractivity contribution < 1.29 is 4.79 Å². The Morgan fingerprint density at radius 1 is 1.28 bits per heavy atom. The largest absolute Gasteiger partial charge is 0.321 e. The number of aryl methyl sites for hydroxylation is 2. The second kappa shape index (κ2) is 6.24. The lowest BCUT2D eigenvalue weighted by Gasteiger charge is -2.17. The quantitative estimate of drug-likeness (QED) is 0.698. The van der Waals surface area contributed by atoms with Gasteiger partial charge in [0.25, 0.3) is 5.91 Å². The lowest BCUT2D eigenvalue weighted by molar-refractivity contribution is 0.102. The zero-order chi connectivity index (χ0) is 17.6. The number of nitrogens with one attached hydrogen (secondary N) is 1. The van der Waals surface area contributed by atoms with Crippen molar-refractivity contribution in [2.24, 2.45) is 7.05 Å². The molecular formula is C19H16ClN3OS. The molecule has 4 nitrogen and oxygen atoms in total. The number of halogens is 1. The first kappa shape index (κ1) is 16.2. The summed E-state index contributed by atoms with van der Waals surface area (Å²) in [7, 11) is 1.88. The number of thioether (sulfide) groups is 1. The first-order chi connectivity index (χ1) is 12.0. The molecule has 1 N–H and O–H groups in total. The van der Waals surface area contributed by atoms with Gasteiger partial charge in [0, 0.05) is 39.5 Å². The van der Waals surface area contributed by atoms with Crippen LogP contribution in [0.25, 0.3) is 11.3 Å². The summed E-state index contributed by atoms with van der Waals surface area (Å²) in [4.78, 5) is 14.0. The molecule has 0 unspecified atom stereocenters. The summed E-state index contributed by atoms with van der Waals surface area (Å²) in [5.74, 6) is 0.522. The van der Waals surface area contributed by atoms with Crippen LogP contribution in [-0.2, 0) is 12.8 Å². The van der Waals surface area contributed by atoms with E-state index in [9.17, 15) is 4.79 Å². The van der Waals surface area contributed by atoms with E-state index >= 15 is 0 Å². The van der Waals surface area contributed by atoms with E-state index in [2.05, 4.69) is 22.5 Å². The molecular weight excluding hydrogens is 354 g/mol. The Balaban J connectivity index is 1.71. The Bertz CT molecular complexity index is 996. The Labute approximate surface area is 155 Å². The molecule has 0 fully saturated rings. The minimum atomic E-state index is -0.211. The second-order valence-electron chi connectivity index (χ2n) is 6.00. The molecule has 1 aromatic heterocycles. The normalized spacial score (nSPS) is 12.4. The van der Waals surface area contributed by atoms with E-state index in [1.54, 1.807) is 22.5 Å². The monoisotopic (exact) mass is 369 g/mol.